The van der Waals surface area contributed by atoms with Gasteiger partial charge in [0.15, 0.2) is 23.9 Å². The Morgan fingerprint density at radius 3 is 2.31 bits per heavy atom. The molecule has 150 valence electrons. The molecule has 1 N–H and O–H groups in total. The summed E-state index contributed by atoms with van der Waals surface area (Å²) in [4.78, 5) is 46.1. The number of carbonyl (C=O) groups is 3. The molecule has 1 heterocycles. The predicted molar refractivity (Wildman–Crippen MR) is 99.4 cm³/mol. The van der Waals surface area contributed by atoms with Crippen molar-refractivity contribution in [2.24, 2.45) is 0 Å². The van der Waals surface area contributed by atoms with Crippen LogP contribution in [0.1, 0.15) is 27.6 Å². The van der Waals surface area contributed by atoms with E-state index in [9.17, 15) is 24.5 Å². The summed E-state index contributed by atoms with van der Waals surface area (Å²) < 4.78 is 15.6. The van der Waals surface area contributed by atoms with Crippen LogP contribution in [-0.4, -0.2) is 42.4 Å². The van der Waals surface area contributed by atoms with Gasteiger partial charge in [0.2, 0.25) is 5.91 Å². The molecule has 3 rings (SSSR count). The van der Waals surface area contributed by atoms with Crippen LogP contribution < -0.4 is 14.8 Å². The van der Waals surface area contributed by atoms with Crippen LogP contribution in [-0.2, 0) is 9.53 Å². The molecule has 0 radical (unpaired) electrons. The number of nitrogens with zero attached hydrogens (tertiary/aromatic N) is 1. The number of ketones is 1. The van der Waals surface area contributed by atoms with Gasteiger partial charge >= 0.3 is 5.97 Å². The highest BCUT2D eigenvalue weighted by molar-refractivity contribution is 6.01. The lowest BCUT2D eigenvalue weighted by Crippen LogP contribution is -2.18. The molecule has 0 saturated heterocycles. The van der Waals surface area contributed by atoms with Crippen molar-refractivity contribution in [1.82, 2.24) is 0 Å². The van der Waals surface area contributed by atoms with Gasteiger partial charge in [0.05, 0.1) is 11.0 Å². The van der Waals surface area contributed by atoms with Crippen molar-refractivity contribution in [3.05, 3.63) is 57.6 Å². The monoisotopic (exact) mass is 400 g/mol. The summed E-state index contributed by atoms with van der Waals surface area (Å²) in [7, 11) is 0. The normalized spacial score (nSPS) is 12.0. The van der Waals surface area contributed by atoms with Crippen molar-refractivity contribution in [2.45, 2.75) is 6.92 Å². The molecule has 0 spiro atoms. The Morgan fingerprint density at radius 2 is 1.72 bits per heavy atom. The third kappa shape index (κ3) is 4.67. The van der Waals surface area contributed by atoms with E-state index >= 15 is 0 Å². The molecule has 10 heteroatoms. The minimum atomic E-state index is -1.03. The third-order valence-corrected chi connectivity index (χ3v) is 3.94. The van der Waals surface area contributed by atoms with Gasteiger partial charge in [-0.25, -0.2) is 4.79 Å². The quantitative estimate of drug-likeness (QED) is 0.338. The Kier molecular flexibility index (Phi) is 5.72. The second-order valence-corrected chi connectivity index (χ2v) is 6.03. The predicted octanol–water partition coefficient (Wildman–Crippen LogP) is 2.36. The molecule has 29 heavy (non-hydrogen) atoms. The number of nitrogens with one attached hydrogen (secondary N) is 1. The number of benzene rings is 2. The molecule has 0 fully saturated rings. The van der Waals surface area contributed by atoms with Gasteiger partial charge in [-0.05, 0) is 24.3 Å². The van der Waals surface area contributed by atoms with Crippen molar-refractivity contribution in [3.8, 4) is 11.5 Å². The van der Waals surface area contributed by atoms with Gasteiger partial charge in [0, 0.05) is 24.2 Å². The van der Waals surface area contributed by atoms with Crippen molar-refractivity contribution in [2.75, 3.05) is 25.1 Å². The summed E-state index contributed by atoms with van der Waals surface area (Å²) in [5.41, 5.74) is -0.0825. The molecule has 1 amide bonds. The highest BCUT2D eigenvalue weighted by Gasteiger charge is 2.27. The van der Waals surface area contributed by atoms with Gasteiger partial charge in [0.25, 0.3) is 5.69 Å². The first kappa shape index (κ1) is 19.8. The summed E-state index contributed by atoms with van der Waals surface area (Å²) in [6.07, 6.45) is 0. The molecule has 0 bridgehead atoms. The molecule has 1 aliphatic heterocycles. The van der Waals surface area contributed by atoms with Crippen LogP contribution in [0.4, 0.5) is 11.4 Å². The lowest BCUT2D eigenvalue weighted by molar-refractivity contribution is -0.385. The van der Waals surface area contributed by atoms with Crippen molar-refractivity contribution in [3.63, 3.8) is 0 Å². The highest BCUT2D eigenvalue weighted by atomic mass is 16.6. The summed E-state index contributed by atoms with van der Waals surface area (Å²) in [5.74, 6) is -1.44. The molecule has 0 unspecified atom stereocenters. The second kappa shape index (κ2) is 8.38. The molecule has 1 aliphatic rings. The van der Waals surface area contributed by atoms with E-state index in [4.69, 9.17) is 14.2 Å². The van der Waals surface area contributed by atoms with E-state index in [1.54, 1.807) is 0 Å². The standard InChI is InChI=1S/C19H16N2O8/c1-11(22)20-13-4-2-12(3-5-13)16(23)10-29-19(24)14-8-17-18(28-7-6-27-17)9-15(14)21(25)26/h2-5,8-9H,6-7,10H2,1H3,(H,20,22). The Labute approximate surface area is 164 Å². The summed E-state index contributed by atoms with van der Waals surface area (Å²) in [6, 6.07) is 8.25. The SMILES string of the molecule is CC(=O)Nc1ccc(C(=O)COC(=O)c2cc3c(cc2[N+](=O)[O-])OCCO3)cc1. The average Bonchev–Trinajstić information content (AvgIpc) is 2.70. The minimum Gasteiger partial charge on any atom is -0.486 e. The van der Waals surface area contributed by atoms with Crippen LogP contribution in [0.15, 0.2) is 36.4 Å². The summed E-state index contributed by atoms with van der Waals surface area (Å²) in [5, 5.41) is 13.8. The Balaban J connectivity index is 1.71. The third-order valence-electron chi connectivity index (χ3n) is 3.94. The largest absolute Gasteiger partial charge is 0.486 e. The number of Topliss-reactive ketones (excluding diaryl/α,β-unsaturated/α-hetero) is 1. The van der Waals surface area contributed by atoms with Crippen LogP contribution in [0.25, 0.3) is 0 Å². The first-order valence-corrected chi connectivity index (χ1v) is 8.51. The van der Waals surface area contributed by atoms with E-state index in [0.717, 1.165) is 6.07 Å². The number of hydrogen-bond donors (Lipinski definition) is 1. The van der Waals surface area contributed by atoms with E-state index < -0.39 is 29.0 Å². The number of ether oxygens (including phenoxy) is 3. The molecule has 0 atom stereocenters. The number of anilines is 1. The van der Waals surface area contributed by atoms with Crippen LogP contribution in [0, 0.1) is 10.1 Å². The number of carbonyl (C=O) groups excluding carboxylic acids is 3. The number of hydrogen-bond acceptors (Lipinski definition) is 8. The summed E-state index contributed by atoms with van der Waals surface area (Å²) >= 11 is 0. The maximum absolute atomic E-state index is 12.3. The average molecular weight is 400 g/mol. The fourth-order valence-corrected chi connectivity index (χ4v) is 2.63. The number of nitro groups is 1. The van der Waals surface area contributed by atoms with Crippen LogP contribution >= 0.6 is 0 Å². The number of amides is 1. The van der Waals surface area contributed by atoms with E-state index in [0.29, 0.717) is 5.69 Å². The summed E-state index contributed by atoms with van der Waals surface area (Å²) in [6.45, 7) is 1.23. The molecule has 0 aliphatic carbocycles. The van der Waals surface area contributed by atoms with Gasteiger partial charge in [-0.15, -0.1) is 0 Å². The minimum absolute atomic E-state index is 0.162. The molecule has 10 nitrogen and oxygen atoms in total. The lowest BCUT2D eigenvalue weighted by atomic mass is 10.1. The Morgan fingerprint density at radius 1 is 1.10 bits per heavy atom. The highest BCUT2D eigenvalue weighted by Crippen LogP contribution is 2.36. The zero-order valence-corrected chi connectivity index (χ0v) is 15.3. The number of esters is 1. The number of rotatable bonds is 6. The molecular formula is C19H16N2O8. The van der Waals surface area contributed by atoms with Gasteiger partial charge in [0.1, 0.15) is 18.8 Å². The van der Waals surface area contributed by atoms with Crippen molar-refractivity contribution >= 4 is 29.0 Å². The molecule has 2 aromatic carbocycles. The number of fused-ring (bicyclic) bond motifs is 1. The molecule has 2 aromatic rings. The van der Waals surface area contributed by atoms with E-state index in [-0.39, 0.29) is 41.7 Å². The van der Waals surface area contributed by atoms with Crippen LogP contribution in [0.5, 0.6) is 11.5 Å². The van der Waals surface area contributed by atoms with Gasteiger partial charge < -0.3 is 19.5 Å². The molecule has 0 saturated carbocycles. The van der Waals surface area contributed by atoms with E-state index in [1.165, 1.54) is 37.3 Å². The maximum Gasteiger partial charge on any atom is 0.345 e. The Bertz CT molecular complexity index is 984. The van der Waals surface area contributed by atoms with Gasteiger partial charge in [-0.3, -0.25) is 19.7 Å². The zero-order chi connectivity index (χ0) is 21.0. The maximum atomic E-state index is 12.3. The van der Waals surface area contributed by atoms with Crippen molar-refractivity contribution in [1.29, 1.82) is 0 Å². The van der Waals surface area contributed by atoms with E-state index in [1.807, 2.05) is 0 Å². The topological polar surface area (TPSA) is 134 Å². The van der Waals surface area contributed by atoms with Crippen LogP contribution in [0.3, 0.4) is 0 Å². The van der Waals surface area contributed by atoms with Crippen molar-refractivity contribution < 1.29 is 33.5 Å². The fourth-order valence-electron chi connectivity index (χ4n) is 2.63. The first-order valence-electron chi connectivity index (χ1n) is 8.51. The zero-order valence-electron chi connectivity index (χ0n) is 15.3. The first-order chi connectivity index (χ1) is 13.8. The van der Waals surface area contributed by atoms with Crippen LogP contribution in [0.2, 0.25) is 0 Å². The van der Waals surface area contributed by atoms with Gasteiger partial charge in [-0.2, -0.15) is 0 Å². The fraction of sp³-hybridized carbons (Fsp3) is 0.211. The molecule has 0 aromatic heterocycles. The Hall–Kier alpha value is -3.95. The van der Waals surface area contributed by atoms with Gasteiger partial charge in [-0.1, -0.05) is 0 Å². The lowest BCUT2D eigenvalue weighted by Gasteiger charge is -2.18. The second-order valence-electron chi connectivity index (χ2n) is 6.03. The smallest absolute Gasteiger partial charge is 0.345 e. The van der Waals surface area contributed by atoms with E-state index in [2.05, 4.69) is 5.32 Å². The number of nitro benzene ring substituents is 1. The molecular weight excluding hydrogens is 384 g/mol.